The molecule has 1 N–H and O–H groups in total. The lowest BCUT2D eigenvalue weighted by Gasteiger charge is -2.02. The first-order valence-electron chi connectivity index (χ1n) is 6.93. The van der Waals surface area contributed by atoms with Crippen LogP contribution in [0.1, 0.15) is 35.7 Å². The fourth-order valence-electron chi connectivity index (χ4n) is 2.19. The van der Waals surface area contributed by atoms with Gasteiger partial charge in [-0.3, -0.25) is 0 Å². The maximum atomic E-state index is 5.58. The highest BCUT2D eigenvalue weighted by Gasteiger charge is 2.26. The maximum absolute atomic E-state index is 5.58. The van der Waals surface area contributed by atoms with Crippen molar-refractivity contribution in [2.75, 3.05) is 33.4 Å². The second-order valence-corrected chi connectivity index (χ2v) is 6.05. The van der Waals surface area contributed by atoms with E-state index >= 15 is 0 Å². The molecule has 2 unspecified atom stereocenters. The Morgan fingerprint density at radius 1 is 1.42 bits per heavy atom. The lowest BCUT2D eigenvalue weighted by molar-refractivity contribution is 0.123. The fourth-order valence-corrected chi connectivity index (χ4v) is 3.17. The molecule has 0 aromatic carbocycles. The molecule has 1 aliphatic heterocycles. The average molecular weight is 285 g/mol. The molecule has 1 aromatic rings. The van der Waals surface area contributed by atoms with Crippen LogP contribution in [0.15, 0.2) is 0 Å². The first-order valence-corrected chi connectivity index (χ1v) is 7.74. The van der Waals surface area contributed by atoms with Gasteiger partial charge < -0.3 is 14.8 Å². The number of methoxy groups -OCH3 is 1. The molecule has 6 heteroatoms. The monoisotopic (exact) mass is 285 g/mol. The molecule has 5 nitrogen and oxygen atoms in total. The molecule has 0 bridgehead atoms. The number of hydrogen-bond donors (Lipinski definition) is 1. The van der Waals surface area contributed by atoms with E-state index in [0.717, 1.165) is 55.6 Å². The minimum Gasteiger partial charge on any atom is -0.383 e. The first kappa shape index (κ1) is 14.8. The zero-order valence-electron chi connectivity index (χ0n) is 11.7. The van der Waals surface area contributed by atoms with Crippen LogP contribution in [-0.2, 0) is 15.9 Å². The summed E-state index contributed by atoms with van der Waals surface area (Å²) < 4.78 is 10.6. The minimum atomic E-state index is 0.363. The Kier molecular flexibility index (Phi) is 6.16. The van der Waals surface area contributed by atoms with Gasteiger partial charge in [0, 0.05) is 26.0 Å². The van der Waals surface area contributed by atoms with E-state index in [2.05, 4.69) is 22.4 Å². The van der Waals surface area contributed by atoms with Gasteiger partial charge >= 0.3 is 0 Å². The summed E-state index contributed by atoms with van der Waals surface area (Å²) in [5, 5.41) is 14.2. The van der Waals surface area contributed by atoms with Crippen molar-refractivity contribution >= 4 is 11.3 Å². The van der Waals surface area contributed by atoms with E-state index in [0.29, 0.717) is 12.0 Å². The summed E-state index contributed by atoms with van der Waals surface area (Å²) in [6, 6.07) is 0. The van der Waals surface area contributed by atoms with E-state index in [9.17, 15) is 0 Å². The molecule has 19 heavy (non-hydrogen) atoms. The number of aromatic nitrogens is 2. The van der Waals surface area contributed by atoms with Gasteiger partial charge in [0.25, 0.3) is 0 Å². The highest BCUT2D eigenvalue weighted by atomic mass is 32.1. The smallest absolute Gasteiger partial charge is 0.122 e. The molecular formula is C13H23N3O2S. The lowest BCUT2D eigenvalue weighted by atomic mass is 10.1. The Balaban J connectivity index is 1.66. The number of ether oxygens (including phenoxy) is 2. The van der Waals surface area contributed by atoms with Crippen LogP contribution in [0.3, 0.4) is 0 Å². The van der Waals surface area contributed by atoms with E-state index in [4.69, 9.17) is 9.47 Å². The Bertz CT molecular complexity index is 373. The predicted octanol–water partition coefficient (Wildman–Crippen LogP) is 1.60. The molecule has 2 atom stereocenters. The van der Waals surface area contributed by atoms with E-state index in [-0.39, 0.29) is 0 Å². The minimum absolute atomic E-state index is 0.363. The number of nitrogens with zero attached hydrogens (tertiary/aromatic N) is 2. The molecular weight excluding hydrogens is 262 g/mol. The Morgan fingerprint density at radius 2 is 2.32 bits per heavy atom. The Hall–Kier alpha value is -0.560. The van der Waals surface area contributed by atoms with Crippen LogP contribution in [0.2, 0.25) is 0 Å². The van der Waals surface area contributed by atoms with Gasteiger partial charge in [0.05, 0.1) is 19.3 Å². The second-order valence-electron chi connectivity index (χ2n) is 4.96. The van der Waals surface area contributed by atoms with Gasteiger partial charge in [-0.1, -0.05) is 0 Å². The van der Waals surface area contributed by atoms with E-state index in [1.54, 1.807) is 18.4 Å². The van der Waals surface area contributed by atoms with Crippen molar-refractivity contribution < 1.29 is 9.47 Å². The van der Waals surface area contributed by atoms with Crippen LogP contribution < -0.4 is 5.32 Å². The van der Waals surface area contributed by atoms with Crippen molar-refractivity contribution in [1.29, 1.82) is 0 Å². The van der Waals surface area contributed by atoms with Gasteiger partial charge in [0.15, 0.2) is 0 Å². The zero-order chi connectivity index (χ0) is 13.5. The topological polar surface area (TPSA) is 56.3 Å². The maximum Gasteiger partial charge on any atom is 0.122 e. The van der Waals surface area contributed by atoms with Crippen LogP contribution in [0.5, 0.6) is 0 Å². The Labute approximate surface area is 118 Å². The summed E-state index contributed by atoms with van der Waals surface area (Å²) >= 11 is 1.75. The first-order chi connectivity index (χ1) is 9.29. The summed E-state index contributed by atoms with van der Waals surface area (Å²) in [7, 11) is 1.72. The largest absolute Gasteiger partial charge is 0.383 e. The molecule has 1 saturated heterocycles. The van der Waals surface area contributed by atoms with Crippen LogP contribution in [0, 0.1) is 0 Å². The molecule has 0 radical (unpaired) electrons. The third-order valence-corrected chi connectivity index (χ3v) is 4.40. The van der Waals surface area contributed by atoms with Gasteiger partial charge in [0.2, 0.25) is 0 Å². The average Bonchev–Trinajstić information content (AvgIpc) is 3.02. The molecule has 2 rings (SSSR count). The normalized spacial score (nSPS) is 23.1. The summed E-state index contributed by atoms with van der Waals surface area (Å²) in [5.74, 6) is 0.459. The van der Waals surface area contributed by atoms with Gasteiger partial charge in [-0.2, -0.15) is 0 Å². The quantitative estimate of drug-likeness (QED) is 0.735. The summed E-state index contributed by atoms with van der Waals surface area (Å²) in [6.45, 7) is 5.60. The predicted molar refractivity (Wildman–Crippen MR) is 75.7 cm³/mol. The van der Waals surface area contributed by atoms with E-state index < -0.39 is 0 Å². The summed E-state index contributed by atoms with van der Waals surface area (Å²) in [5.41, 5.74) is 0. The van der Waals surface area contributed by atoms with E-state index in [1.807, 2.05) is 0 Å². The highest BCUT2D eigenvalue weighted by molar-refractivity contribution is 7.11. The third kappa shape index (κ3) is 4.80. The molecule has 0 saturated carbocycles. The van der Waals surface area contributed by atoms with Crippen LogP contribution in [0.4, 0.5) is 0 Å². The molecule has 1 fully saturated rings. The fraction of sp³-hybridized carbons (Fsp3) is 0.846. The summed E-state index contributed by atoms with van der Waals surface area (Å²) in [4.78, 5) is 0. The van der Waals surface area contributed by atoms with Crippen molar-refractivity contribution in [2.24, 2.45) is 0 Å². The number of rotatable bonds is 8. The van der Waals surface area contributed by atoms with Crippen molar-refractivity contribution in [3.05, 3.63) is 10.0 Å². The molecule has 0 amide bonds. The number of aryl methyl sites for hydroxylation is 1. The van der Waals surface area contributed by atoms with Crippen LogP contribution in [0.25, 0.3) is 0 Å². The molecule has 108 valence electrons. The van der Waals surface area contributed by atoms with Crippen molar-refractivity contribution in [1.82, 2.24) is 15.5 Å². The van der Waals surface area contributed by atoms with Crippen LogP contribution >= 0.6 is 11.3 Å². The van der Waals surface area contributed by atoms with Crippen molar-refractivity contribution in [3.63, 3.8) is 0 Å². The van der Waals surface area contributed by atoms with Crippen molar-refractivity contribution in [2.45, 2.75) is 38.2 Å². The van der Waals surface area contributed by atoms with Gasteiger partial charge in [-0.15, -0.1) is 21.5 Å². The van der Waals surface area contributed by atoms with Gasteiger partial charge in [-0.05, 0) is 26.3 Å². The second kappa shape index (κ2) is 7.89. The molecule has 0 spiro atoms. The van der Waals surface area contributed by atoms with Crippen LogP contribution in [-0.4, -0.2) is 49.7 Å². The summed E-state index contributed by atoms with van der Waals surface area (Å²) in [6.07, 6.45) is 3.53. The standard InChI is InChI=1S/C13H23N3O2S/c1-10-8-11(9-18-10)13-16-15-12(19-13)4-3-5-14-6-7-17-2/h10-11,14H,3-9H2,1-2H3. The van der Waals surface area contributed by atoms with Gasteiger partial charge in [-0.25, -0.2) is 0 Å². The zero-order valence-corrected chi connectivity index (χ0v) is 12.5. The number of hydrogen-bond acceptors (Lipinski definition) is 6. The molecule has 1 aromatic heterocycles. The highest BCUT2D eigenvalue weighted by Crippen LogP contribution is 2.31. The van der Waals surface area contributed by atoms with E-state index in [1.165, 1.54) is 0 Å². The number of nitrogens with one attached hydrogen (secondary N) is 1. The molecule has 0 aliphatic carbocycles. The lowest BCUT2D eigenvalue weighted by Crippen LogP contribution is -2.20. The molecule has 2 heterocycles. The van der Waals surface area contributed by atoms with Crippen molar-refractivity contribution in [3.8, 4) is 0 Å². The van der Waals surface area contributed by atoms with Gasteiger partial charge in [0.1, 0.15) is 10.0 Å². The SMILES string of the molecule is COCCNCCCc1nnc(C2COC(C)C2)s1. The third-order valence-electron chi connectivity index (χ3n) is 3.26. The Morgan fingerprint density at radius 3 is 3.05 bits per heavy atom. The molecule has 1 aliphatic rings.